The summed E-state index contributed by atoms with van der Waals surface area (Å²) in [5.74, 6) is 0. The van der Waals surface area contributed by atoms with Gasteiger partial charge < -0.3 is 0 Å². The minimum absolute atomic E-state index is 0.222. The molecular formula is C22H14N4O4S. The van der Waals surface area contributed by atoms with Crippen molar-refractivity contribution in [1.82, 2.24) is 9.97 Å². The van der Waals surface area contributed by atoms with Crippen LogP contribution in [0.1, 0.15) is 0 Å². The highest BCUT2D eigenvalue weighted by Crippen LogP contribution is 2.37. The summed E-state index contributed by atoms with van der Waals surface area (Å²) >= 11 is 0.994. The molecule has 0 saturated carbocycles. The molecule has 0 atom stereocenters. The molecular weight excluding hydrogens is 416 g/mol. The lowest BCUT2D eigenvalue weighted by Crippen LogP contribution is -1.97. The van der Waals surface area contributed by atoms with Gasteiger partial charge in [-0.25, -0.2) is 9.97 Å². The molecule has 0 fully saturated rings. The van der Waals surface area contributed by atoms with Crippen LogP contribution >= 0.6 is 11.8 Å². The minimum atomic E-state index is -0.665. The molecule has 0 spiro atoms. The molecule has 9 heteroatoms. The van der Waals surface area contributed by atoms with E-state index in [2.05, 4.69) is 9.97 Å². The SMILES string of the molecule is O=[N+]([O-])c1ccc(Sc2nc(-c3ccccc3)cc(-c3ccccc3)n2)c([N+](=O)[O-])c1. The van der Waals surface area contributed by atoms with E-state index >= 15 is 0 Å². The van der Waals surface area contributed by atoms with Gasteiger partial charge in [-0.3, -0.25) is 20.2 Å². The van der Waals surface area contributed by atoms with Gasteiger partial charge in [-0.1, -0.05) is 60.7 Å². The predicted octanol–water partition coefficient (Wildman–Crippen LogP) is 5.78. The second-order valence-electron chi connectivity index (χ2n) is 6.42. The summed E-state index contributed by atoms with van der Waals surface area (Å²) < 4.78 is 0. The van der Waals surface area contributed by atoms with Crippen molar-refractivity contribution in [2.24, 2.45) is 0 Å². The first-order chi connectivity index (χ1) is 15.0. The Kier molecular flexibility index (Phi) is 5.67. The fourth-order valence-electron chi connectivity index (χ4n) is 2.93. The molecule has 4 rings (SSSR count). The molecule has 0 radical (unpaired) electrons. The summed E-state index contributed by atoms with van der Waals surface area (Å²) in [6.45, 7) is 0. The Bertz CT molecular complexity index is 1210. The Morgan fingerprint density at radius 2 is 1.23 bits per heavy atom. The van der Waals surface area contributed by atoms with Gasteiger partial charge in [-0.2, -0.15) is 0 Å². The lowest BCUT2D eigenvalue weighted by atomic mass is 10.1. The van der Waals surface area contributed by atoms with Crippen LogP contribution in [0, 0.1) is 20.2 Å². The summed E-state index contributed by atoms with van der Waals surface area (Å²) in [5, 5.41) is 22.8. The topological polar surface area (TPSA) is 112 Å². The molecule has 0 aliphatic heterocycles. The maximum absolute atomic E-state index is 11.5. The molecule has 3 aromatic carbocycles. The van der Waals surface area contributed by atoms with Crippen LogP contribution < -0.4 is 0 Å². The highest BCUT2D eigenvalue weighted by atomic mass is 32.2. The number of aromatic nitrogens is 2. The van der Waals surface area contributed by atoms with Gasteiger partial charge in [0.2, 0.25) is 0 Å². The van der Waals surface area contributed by atoms with E-state index in [0.717, 1.165) is 29.0 Å². The van der Waals surface area contributed by atoms with Crippen molar-refractivity contribution < 1.29 is 9.85 Å². The van der Waals surface area contributed by atoms with Gasteiger partial charge in [0.05, 0.1) is 32.2 Å². The third kappa shape index (κ3) is 4.57. The lowest BCUT2D eigenvalue weighted by molar-refractivity contribution is -0.396. The molecule has 0 N–H and O–H groups in total. The molecule has 0 unspecified atom stereocenters. The Morgan fingerprint density at radius 3 is 1.71 bits per heavy atom. The van der Waals surface area contributed by atoms with Gasteiger partial charge in [-0.05, 0) is 23.9 Å². The number of hydrogen-bond acceptors (Lipinski definition) is 7. The average Bonchev–Trinajstić information content (AvgIpc) is 2.80. The summed E-state index contributed by atoms with van der Waals surface area (Å²) in [6, 6.07) is 24.4. The first-order valence-corrected chi connectivity index (χ1v) is 9.93. The Balaban J connectivity index is 1.82. The Morgan fingerprint density at radius 1 is 0.677 bits per heavy atom. The lowest BCUT2D eigenvalue weighted by Gasteiger charge is -2.09. The first-order valence-electron chi connectivity index (χ1n) is 9.12. The molecule has 8 nitrogen and oxygen atoms in total. The standard InChI is InChI=1S/C22H14N4O4S/c27-25(28)17-11-12-21(20(13-17)26(29)30)31-22-23-18(15-7-3-1-4-8-15)14-19(24-22)16-9-5-2-6-10-16/h1-14H. The summed E-state index contributed by atoms with van der Waals surface area (Å²) in [6.07, 6.45) is 0. The van der Waals surface area contributed by atoms with Crippen LogP contribution in [-0.2, 0) is 0 Å². The molecule has 0 saturated heterocycles. The van der Waals surface area contributed by atoms with Gasteiger partial charge >= 0.3 is 0 Å². The highest BCUT2D eigenvalue weighted by molar-refractivity contribution is 7.99. The van der Waals surface area contributed by atoms with Gasteiger partial charge in [-0.15, -0.1) is 0 Å². The van der Waals surface area contributed by atoms with Crippen LogP contribution in [-0.4, -0.2) is 19.8 Å². The van der Waals surface area contributed by atoms with Crippen LogP contribution in [0.2, 0.25) is 0 Å². The summed E-state index contributed by atoms with van der Waals surface area (Å²) in [7, 11) is 0. The van der Waals surface area contributed by atoms with E-state index in [1.165, 1.54) is 12.1 Å². The van der Waals surface area contributed by atoms with Crippen LogP contribution in [0.25, 0.3) is 22.5 Å². The zero-order chi connectivity index (χ0) is 21.8. The number of nitro benzene ring substituents is 2. The normalized spacial score (nSPS) is 10.6. The van der Waals surface area contributed by atoms with E-state index in [1.54, 1.807) is 0 Å². The van der Waals surface area contributed by atoms with Crippen molar-refractivity contribution in [3.63, 3.8) is 0 Å². The molecule has 152 valence electrons. The van der Waals surface area contributed by atoms with Crippen LogP contribution in [0.5, 0.6) is 0 Å². The first kappa shape index (κ1) is 20.2. The van der Waals surface area contributed by atoms with E-state index < -0.39 is 9.85 Å². The van der Waals surface area contributed by atoms with Gasteiger partial charge in [0.15, 0.2) is 5.16 Å². The second kappa shape index (κ2) is 8.72. The molecule has 31 heavy (non-hydrogen) atoms. The van der Waals surface area contributed by atoms with Gasteiger partial charge in [0.25, 0.3) is 11.4 Å². The van der Waals surface area contributed by atoms with Crippen molar-refractivity contribution in [1.29, 1.82) is 0 Å². The van der Waals surface area contributed by atoms with Crippen molar-refractivity contribution in [3.05, 3.63) is 105 Å². The third-order valence-corrected chi connectivity index (χ3v) is 5.33. The van der Waals surface area contributed by atoms with Gasteiger partial charge in [0, 0.05) is 17.2 Å². The third-order valence-electron chi connectivity index (χ3n) is 4.40. The maximum atomic E-state index is 11.5. The molecule has 0 aliphatic rings. The van der Waals surface area contributed by atoms with Crippen LogP contribution in [0.4, 0.5) is 11.4 Å². The van der Waals surface area contributed by atoms with Gasteiger partial charge in [0.1, 0.15) is 0 Å². The van der Waals surface area contributed by atoms with Crippen molar-refractivity contribution in [3.8, 4) is 22.5 Å². The zero-order valence-electron chi connectivity index (χ0n) is 15.9. The van der Waals surface area contributed by atoms with Crippen LogP contribution in [0.15, 0.2) is 95.0 Å². The van der Waals surface area contributed by atoms with E-state index in [4.69, 9.17) is 0 Å². The monoisotopic (exact) mass is 430 g/mol. The zero-order valence-corrected chi connectivity index (χ0v) is 16.7. The fourth-order valence-corrected chi connectivity index (χ4v) is 3.79. The number of benzene rings is 3. The highest BCUT2D eigenvalue weighted by Gasteiger charge is 2.21. The predicted molar refractivity (Wildman–Crippen MR) is 117 cm³/mol. The molecule has 0 bridgehead atoms. The summed E-state index contributed by atoms with van der Waals surface area (Å²) in [5.41, 5.74) is 2.38. The number of hydrogen-bond donors (Lipinski definition) is 0. The fraction of sp³-hybridized carbons (Fsp3) is 0. The molecule has 0 aliphatic carbocycles. The number of rotatable bonds is 6. The summed E-state index contributed by atoms with van der Waals surface area (Å²) in [4.78, 5) is 30.6. The van der Waals surface area contributed by atoms with E-state index in [-0.39, 0.29) is 16.3 Å². The molecule has 1 aromatic heterocycles. The second-order valence-corrected chi connectivity index (χ2v) is 7.43. The number of non-ortho nitro benzene ring substituents is 1. The minimum Gasteiger partial charge on any atom is -0.258 e. The number of nitrogens with zero attached hydrogens (tertiary/aromatic N) is 4. The number of nitro groups is 2. The molecule has 0 amide bonds. The smallest absolute Gasteiger partial charge is 0.258 e. The maximum Gasteiger partial charge on any atom is 0.290 e. The largest absolute Gasteiger partial charge is 0.290 e. The Hall–Kier alpha value is -4.11. The van der Waals surface area contributed by atoms with Crippen LogP contribution in [0.3, 0.4) is 0 Å². The average molecular weight is 430 g/mol. The molecule has 1 heterocycles. The Labute approximate surface area is 180 Å². The van der Waals surface area contributed by atoms with Crippen molar-refractivity contribution >= 4 is 23.1 Å². The molecule has 4 aromatic rings. The van der Waals surface area contributed by atoms with E-state index in [0.29, 0.717) is 16.5 Å². The van der Waals surface area contributed by atoms with E-state index in [1.807, 2.05) is 66.7 Å². The van der Waals surface area contributed by atoms with Crippen molar-refractivity contribution in [2.75, 3.05) is 0 Å². The van der Waals surface area contributed by atoms with E-state index in [9.17, 15) is 20.2 Å². The quantitative estimate of drug-likeness (QED) is 0.216. The van der Waals surface area contributed by atoms with Crippen molar-refractivity contribution in [2.45, 2.75) is 10.1 Å².